The molecule has 2 fully saturated rings. The van der Waals surface area contributed by atoms with Crippen LogP contribution in [0.1, 0.15) is 32.6 Å². The van der Waals surface area contributed by atoms with Gasteiger partial charge in [0.15, 0.2) is 0 Å². The summed E-state index contributed by atoms with van der Waals surface area (Å²) in [4.78, 5) is 38.2. The highest BCUT2D eigenvalue weighted by Gasteiger charge is 2.38. The molecule has 0 aromatic heterocycles. The summed E-state index contributed by atoms with van der Waals surface area (Å²) in [5.74, 6) is -1.12. The van der Waals surface area contributed by atoms with Crippen LogP contribution in [0, 0.1) is 11.8 Å². The molecule has 2 heterocycles. The number of carboxylic acids is 1. The van der Waals surface area contributed by atoms with E-state index in [0.717, 1.165) is 12.8 Å². The number of carboxylic acid groups (broad SMARTS) is 1. The lowest BCUT2D eigenvalue weighted by Crippen LogP contribution is -2.54. The molecule has 0 aliphatic carbocycles. The lowest BCUT2D eigenvalue weighted by Gasteiger charge is -2.40. The summed E-state index contributed by atoms with van der Waals surface area (Å²) in [7, 11) is 0. The Labute approximate surface area is 124 Å². The summed E-state index contributed by atoms with van der Waals surface area (Å²) in [6.07, 6.45) is 2.72. The molecule has 0 radical (unpaired) electrons. The van der Waals surface area contributed by atoms with Crippen LogP contribution in [0.5, 0.6) is 0 Å². The largest absolute Gasteiger partial charge is 0.480 e. The molecule has 21 heavy (non-hydrogen) atoms. The molecule has 3 amide bonds. The first-order valence-corrected chi connectivity index (χ1v) is 7.47. The highest BCUT2D eigenvalue weighted by atomic mass is 16.4. The van der Waals surface area contributed by atoms with Gasteiger partial charge in [-0.25, -0.2) is 9.59 Å². The van der Waals surface area contributed by atoms with E-state index in [4.69, 9.17) is 5.73 Å². The summed E-state index contributed by atoms with van der Waals surface area (Å²) in [5.41, 5.74) is 5.27. The summed E-state index contributed by atoms with van der Waals surface area (Å²) in [6, 6.07) is -1.26. The van der Waals surface area contributed by atoms with Gasteiger partial charge in [-0.05, 0) is 31.6 Å². The van der Waals surface area contributed by atoms with Crippen LogP contribution in [0.15, 0.2) is 0 Å². The van der Waals surface area contributed by atoms with E-state index in [-0.39, 0.29) is 11.8 Å². The van der Waals surface area contributed by atoms with Gasteiger partial charge < -0.3 is 20.6 Å². The third-order valence-electron chi connectivity index (χ3n) is 4.52. The predicted molar refractivity (Wildman–Crippen MR) is 75.4 cm³/mol. The summed E-state index contributed by atoms with van der Waals surface area (Å²) >= 11 is 0. The number of carbonyl (C=O) groups is 3. The lowest BCUT2D eigenvalue weighted by atomic mass is 9.89. The molecule has 2 rings (SSSR count). The zero-order chi connectivity index (χ0) is 15.6. The van der Waals surface area contributed by atoms with Crippen molar-refractivity contribution in [3.8, 4) is 0 Å². The summed E-state index contributed by atoms with van der Waals surface area (Å²) in [6.45, 7) is 3.35. The second kappa shape index (κ2) is 6.32. The molecule has 3 atom stereocenters. The van der Waals surface area contributed by atoms with Crippen LogP contribution in [0.2, 0.25) is 0 Å². The Balaban J connectivity index is 2.07. The number of hydrogen-bond donors (Lipinski definition) is 2. The van der Waals surface area contributed by atoms with Crippen LogP contribution in [0.25, 0.3) is 0 Å². The fraction of sp³-hybridized carbons (Fsp3) is 0.786. The van der Waals surface area contributed by atoms with Gasteiger partial charge in [0.2, 0.25) is 5.91 Å². The molecule has 7 heteroatoms. The number of amides is 3. The molecule has 0 aromatic rings. The van der Waals surface area contributed by atoms with E-state index < -0.39 is 18.0 Å². The average Bonchev–Trinajstić information content (AvgIpc) is 2.46. The molecule has 118 valence electrons. The van der Waals surface area contributed by atoms with Crippen LogP contribution in [-0.4, -0.2) is 58.5 Å². The molecule has 0 spiro atoms. The topological polar surface area (TPSA) is 104 Å². The van der Waals surface area contributed by atoms with Crippen LogP contribution < -0.4 is 5.73 Å². The van der Waals surface area contributed by atoms with E-state index in [2.05, 4.69) is 0 Å². The Morgan fingerprint density at radius 3 is 2.52 bits per heavy atom. The third-order valence-corrected chi connectivity index (χ3v) is 4.52. The Morgan fingerprint density at radius 1 is 1.19 bits per heavy atom. The standard InChI is InChI=1S/C14H23N3O4/c1-9-4-6-17(11(7-9)13(19)20)12(18)10-3-2-5-16(8-10)14(15)21/h9-11H,2-8H2,1H3,(H2,15,21)(H,19,20). The van der Waals surface area contributed by atoms with Crippen molar-refractivity contribution in [3.05, 3.63) is 0 Å². The Morgan fingerprint density at radius 2 is 1.90 bits per heavy atom. The van der Waals surface area contributed by atoms with Crippen molar-refractivity contribution in [2.24, 2.45) is 17.6 Å². The number of urea groups is 1. The number of piperidine rings is 2. The zero-order valence-corrected chi connectivity index (χ0v) is 12.3. The average molecular weight is 297 g/mol. The summed E-state index contributed by atoms with van der Waals surface area (Å²) in [5, 5.41) is 9.34. The van der Waals surface area contributed by atoms with Crippen LogP contribution >= 0.6 is 0 Å². The minimum atomic E-state index is -0.947. The fourth-order valence-corrected chi connectivity index (χ4v) is 3.25. The van der Waals surface area contributed by atoms with Gasteiger partial charge in [-0.3, -0.25) is 4.79 Å². The van der Waals surface area contributed by atoms with Gasteiger partial charge in [-0.15, -0.1) is 0 Å². The van der Waals surface area contributed by atoms with E-state index >= 15 is 0 Å². The van der Waals surface area contributed by atoms with E-state index in [0.29, 0.717) is 38.4 Å². The van der Waals surface area contributed by atoms with Crippen molar-refractivity contribution >= 4 is 17.9 Å². The van der Waals surface area contributed by atoms with E-state index in [9.17, 15) is 19.5 Å². The minimum Gasteiger partial charge on any atom is -0.480 e. The molecule has 0 saturated carbocycles. The number of rotatable bonds is 2. The SMILES string of the molecule is CC1CCN(C(=O)C2CCCN(C(N)=O)C2)C(C(=O)O)C1. The lowest BCUT2D eigenvalue weighted by molar-refractivity contribution is -0.155. The molecular weight excluding hydrogens is 274 g/mol. The Kier molecular flexibility index (Phi) is 4.69. The van der Waals surface area contributed by atoms with Gasteiger partial charge in [-0.2, -0.15) is 0 Å². The quantitative estimate of drug-likeness (QED) is 0.774. The molecule has 2 aliphatic rings. The second-order valence-electron chi connectivity index (χ2n) is 6.14. The molecule has 3 N–H and O–H groups in total. The van der Waals surface area contributed by atoms with Crippen molar-refractivity contribution in [1.82, 2.24) is 9.80 Å². The fourth-order valence-electron chi connectivity index (χ4n) is 3.25. The maximum absolute atomic E-state index is 12.6. The molecule has 0 bridgehead atoms. The van der Waals surface area contributed by atoms with E-state index in [1.54, 1.807) is 0 Å². The number of hydrogen-bond acceptors (Lipinski definition) is 3. The van der Waals surface area contributed by atoms with E-state index in [1.165, 1.54) is 9.80 Å². The third kappa shape index (κ3) is 3.46. The first-order chi connectivity index (χ1) is 9.90. The van der Waals surface area contributed by atoms with Crippen LogP contribution in [0.4, 0.5) is 4.79 Å². The van der Waals surface area contributed by atoms with Crippen molar-refractivity contribution in [3.63, 3.8) is 0 Å². The van der Waals surface area contributed by atoms with Crippen molar-refractivity contribution in [2.75, 3.05) is 19.6 Å². The highest BCUT2D eigenvalue weighted by molar-refractivity contribution is 5.86. The van der Waals surface area contributed by atoms with Gasteiger partial charge in [0, 0.05) is 19.6 Å². The molecule has 3 unspecified atom stereocenters. The normalized spacial score (nSPS) is 30.0. The zero-order valence-electron chi connectivity index (χ0n) is 12.3. The molecule has 0 aromatic carbocycles. The first kappa shape index (κ1) is 15.6. The number of nitrogens with two attached hydrogens (primary N) is 1. The van der Waals surface area contributed by atoms with Crippen LogP contribution in [-0.2, 0) is 9.59 Å². The smallest absolute Gasteiger partial charge is 0.326 e. The van der Waals surface area contributed by atoms with E-state index in [1.807, 2.05) is 6.92 Å². The maximum Gasteiger partial charge on any atom is 0.326 e. The number of nitrogens with zero attached hydrogens (tertiary/aromatic N) is 2. The maximum atomic E-state index is 12.6. The van der Waals surface area contributed by atoms with Gasteiger partial charge in [0.05, 0.1) is 5.92 Å². The molecule has 7 nitrogen and oxygen atoms in total. The number of primary amides is 1. The van der Waals surface area contributed by atoms with Crippen molar-refractivity contribution < 1.29 is 19.5 Å². The predicted octanol–water partition coefficient (Wildman–Crippen LogP) is 0.489. The summed E-state index contributed by atoms with van der Waals surface area (Å²) < 4.78 is 0. The number of carbonyl (C=O) groups excluding carboxylic acids is 2. The number of likely N-dealkylation sites (tertiary alicyclic amines) is 2. The van der Waals surface area contributed by atoms with Gasteiger partial charge in [0.1, 0.15) is 6.04 Å². The van der Waals surface area contributed by atoms with Gasteiger partial charge in [-0.1, -0.05) is 6.92 Å². The van der Waals surface area contributed by atoms with Crippen molar-refractivity contribution in [1.29, 1.82) is 0 Å². The monoisotopic (exact) mass is 297 g/mol. The van der Waals surface area contributed by atoms with Crippen LogP contribution in [0.3, 0.4) is 0 Å². The van der Waals surface area contributed by atoms with Gasteiger partial charge in [0.25, 0.3) is 0 Å². The number of aliphatic carboxylic acids is 1. The van der Waals surface area contributed by atoms with Crippen molar-refractivity contribution in [2.45, 2.75) is 38.6 Å². The molecule has 2 saturated heterocycles. The first-order valence-electron chi connectivity index (χ1n) is 7.47. The highest BCUT2D eigenvalue weighted by Crippen LogP contribution is 2.27. The minimum absolute atomic E-state index is 0.153. The molecular formula is C14H23N3O4. The molecule has 2 aliphatic heterocycles. The van der Waals surface area contributed by atoms with Gasteiger partial charge >= 0.3 is 12.0 Å². The second-order valence-corrected chi connectivity index (χ2v) is 6.14. The Hall–Kier alpha value is -1.79. The Bertz CT molecular complexity index is 440.